The topological polar surface area (TPSA) is 3.24 Å². The third-order valence-electron chi connectivity index (χ3n) is 2.87. The average molecular weight is 169 g/mol. The van der Waals surface area contributed by atoms with Crippen LogP contribution in [0.25, 0.3) is 0 Å². The fraction of sp³-hybridized carbons (Fsp3) is 1.00. The van der Waals surface area contributed by atoms with E-state index in [1.165, 1.54) is 26.1 Å². The van der Waals surface area contributed by atoms with Gasteiger partial charge in [-0.15, -0.1) is 0 Å². The lowest BCUT2D eigenvalue weighted by atomic mass is 9.95. The summed E-state index contributed by atoms with van der Waals surface area (Å²) >= 11 is 0. The Morgan fingerprint density at radius 1 is 1.25 bits per heavy atom. The summed E-state index contributed by atoms with van der Waals surface area (Å²) in [7, 11) is 0. The summed E-state index contributed by atoms with van der Waals surface area (Å²) < 4.78 is 0. The normalized spacial score (nSPS) is 26.0. The van der Waals surface area contributed by atoms with E-state index in [9.17, 15) is 0 Å². The van der Waals surface area contributed by atoms with Crippen molar-refractivity contribution in [2.45, 2.75) is 34.1 Å². The van der Waals surface area contributed by atoms with E-state index >= 15 is 0 Å². The summed E-state index contributed by atoms with van der Waals surface area (Å²) in [5.74, 6) is 2.67. The Morgan fingerprint density at radius 2 is 1.92 bits per heavy atom. The van der Waals surface area contributed by atoms with E-state index in [0.29, 0.717) is 0 Å². The Bertz CT molecular complexity index is 129. The molecule has 1 nitrogen and oxygen atoms in total. The molecule has 1 saturated heterocycles. The van der Waals surface area contributed by atoms with Crippen LogP contribution in [0.5, 0.6) is 0 Å². The molecule has 0 aromatic heterocycles. The SMILES string of the molecule is CC(C)CN1CCC(C(C)C)C1. The van der Waals surface area contributed by atoms with Gasteiger partial charge in [0.1, 0.15) is 0 Å². The van der Waals surface area contributed by atoms with Crippen LogP contribution in [0.1, 0.15) is 34.1 Å². The zero-order chi connectivity index (χ0) is 9.14. The lowest BCUT2D eigenvalue weighted by Crippen LogP contribution is -2.26. The van der Waals surface area contributed by atoms with Crippen LogP contribution in [0, 0.1) is 17.8 Å². The predicted molar refractivity (Wildman–Crippen MR) is 54.2 cm³/mol. The minimum absolute atomic E-state index is 0.830. The highest BCUT2D eigenvalue weighted by molar-refractivity contribution is 4.77. The molecule has 1 fully saturated rings. The Labute approximate surface area is 77.1 Å². The average Bonchev–Trinajstić information content (AvgIpc) is 2.34. The molecule has 1 atom stereocenters. The van der Waals surface area contributed by atoms with Crippen molar-refractivity contribution in [3.05, 3.63) is 0 Å². The third-order valence-corrected chi connectivity index (χ3v) is 2.87. The van der Waals surface area contributed by atoms with Gasteiger partial charge in [0, 0.05) is 13.1 Å². The number of nitrogens with zero attached hydrogens (tertiary/aromatic N) is 1. The Kier molecular flexibility index (Phi) is 3.57. The van der Waals surface area contributed by atoms with Crippen molar-refractivity contribution in [3.8, 4) is 0 Å². The first-order valence-electron chi connectivity index (χ1n) is 5.32. The number of likely N-dealkylation sites (tertiary alicyclic amines) is 1. The summed E-state index contributed by atoms with van der Waals surface area (Å²) in [4.78, 5) is 2.62. The number of hydrogen-bond donors (Lipinski definition) is 0. The molecule has 0 N–H and O–H groups in total. The largest absolute Gasteiger partial charge is 0.303 e. The van der Waals surface area contributed by atoms with E-state index in [2.05, 4.69) is 32.6 Å². The molecule has 0 aliphatic carbocycles. The molecule has 1 heteroatoms. The van der Waals surface area contributed by atoms with Crippen molar-refractivity contribution in [2.75, 3.05) is 19.6 Å². The molecule has 0 spiro atoms. The highest BCUT2D eigenvalue weighted by Crippen LogP contribution is 2.23. The van der Waals surface area contributed by atoms with Gasteiger partial charge >= 0.3 is 0 Å². The van der Waals surface area contributed by atoms with E-state index in [1.807, 2.05) is 0 Å². The quantitative estimate of drug-likeness (QED) is 0.628. The van der Waals surface area contributed by atoms with Gasteiger partial charge in [0.15, 0.2) is 0 Å². The molecule has 0 amide bonds. The molecule has 1 aliphatic rings. The van der Waals surface area contributed by atoms with E-state index in [-0.39, 0.29) is 0 Å². The number of rotatable bonds is 3. The lowest BCUT2D eigenvalue weighted by Gasteiger charge is -2.19. The fourth-order valence-electron chi connectivity index (χ4n) is 2.09. The highest BCUT2D eigenvalue weighted by Gasteiger charge is 2.24. The van der Waals surface area contributed by atoms with Crippen LogP contribution in [-0.2, 0) is 0 Å². The van der Waals surface area contributed by atoms with Crippen molar-refractivity contribution < 1.29 is 0 Å². The zero-order valence-electron chi connectivity index (χ0n) is 9.01. The van der Waals surface area contributed by atoms with E-state index in [0.717, 1.165) is 17.8 Å². The van der Waals surface area contributed by atoms with Crippen LogP contribution in [-0.4, -0.2) is 24.5 Å². The third kappa shape index (κ3) is 2.78. The second kappa shape index (κ2) is 4.27. The molecular weight excluding hydrogens is 146 g/mol. The van der Waals surface area contributed by atoms with Crippen molar-refractivity contribution >= 4 is 0 Å². The molecule has 12 heavy (non-hydrogen) atoms. The Balaban J connectivity index is 2.26. The summed E-state index contributed by atoms with van der Waals surface area (Å²) in [5, 5.41) is 0. The molecule has 0 bridgehead atoms. The van der Waals surface area contributed by atoms with Gasteiger partial charge in [-0.05, 0) is 30.7 Å². The molecule has 0 aromatic carbocycles. The van der Waals surface area contributed by atoms with Gasteiger partial charge in [0.2, 0.25) is 0 Å². The highest BCUT2D eigenvalue weighted by atomic mass is 15.1. The van der Waals surface area contributed by atoms with Gasteiger partial charge in [-0.3, -0.25) is 0 Å². The standard InChI is InChI=1S/C11H23N/c1-9(2)7-12-6-5-11(8-12)10(3)4/h9-11H,5-8H2,1-4H3. The van der Waals surface area contributed by atoms with Gasteiger partial charge in [-0.25, -0.2) is 0 Å². The zero-order valence-corrected chi connectivity index (χ0v) is 9.01. The van der Waals surface area contributed by atoms with Crippen LogP contribution in [0.4, 0.5) is 0 Å². The molecule has 1 aliphatic heterocycles. The smallest absolute Gasteiger partial charge is 0.00127 e. The van der Waals surface area contributed by atoms with E-state index < -0.39 is 0 Å². The van der Waals surface area contributed by atoms with Gasteiger partial charge in [0.25, 0.3) is 0 Å². The van der Waals surface area contributed by atoms with Crippen molar-refractivity contribution in [2.24, 2.45) is 17.8 Å². The molecule has 0 aromatic rings. The lowest BCUT2D eigenvalue weighted by molar-refractivity contribution is 0.273. The summed E-state index contributed by atoms with van der Waals surface area (Å²) in [6, 6.07) is 0. The van der Waals surface area contributed by atoms with E-state index in [1.54, 1.807) is 0 Å². The van der Waals surface area contributed by atoms with Gasteiger partial charge < -0.3 is 4.90 Å². The second-order valence-corrected chi connectivity index (χ2v) is 4.95. The summed E-state index contributed by atoms with van der Waals surface area (Å²) in [5.41, 5.74) is 0. The van der Waals surface area contributed by atoms with Crippen molar-refractivity contribution in [1.29, 1.82) is 0 Å². The first-order valence-corrected chi connectivity index (χ1v) is 5.32. The predicted octanol–water partition coefficient (Wildman–Crippen LogP) is 2.62. The fourth-order valence-corrected chi connectivity index (χ4v) is 2.09. The second-order valence-electron chi connectivity index (χ2n) is 4.95. The summed E-state index contributed by atoms with van der Waals surface area (Å²) in [6.45, 7) is 13.3. The Hall–Kier alpha value is -0.0400. The first kappa shape index (κ1) is 10.0. The van der Waals surface area contributed by atoms with Crippen molar-refractivity contribution in [3.63, 3.8) is 0 Å². The van der Waals surface area contributed by atoms with Crippen molar-refractivity contribution in [1.82, 2.24) is 4.90 Å². The van der Waals surface area contributed by atoms with Crippen LogP contribution in [0.15, 0.2) is 0 Å². The maximum Gasteiger partial charge on any atom is 0.00127 e. The minimum atomic E-state index is 0.830. The van der Waals surface area contributed by atoms with Crippen LogP contribution >= 0.6 is 0 Å². The number of hydrogen-bond acceptors (Lipinski definition) is 1. The molecule has 1 rings (SSSR count). The molecular formula is C11H23N. The molecule has 0 saturated carbocycles. The van der Waals surface area contributed by atoms with Gasteiger partial charge in [0.05, 0.1) is 0 Å². The maximum atomic E-state index is 2.62. The first-order chi connectivity index (χ1) is 5.59. The molecule has 1 heterocycles. The maximum absolute atomic E-state index is 2.62. The summed E-state index contributed by atoms with van der Waals surface area (Å²) in [6.07, 6.45) is 1.42. The van der Waals surface area contributed by atoms with Gasteiger partial charge in [-0.1, -0.05) is 27.7 Å². The van der Waals surface area contributed by atoms with Crippen LogP contribution in [0.2, 0.25) is 0 Å². The van der Waals surface area contributed by atoms with Crippen LogP contribution in [0.3, 0.4) is 0 Å². The Morgan fingerprint density at radius 3 is 2.33 bits per heavy atom. The van der Waals surface area contributed by atoms with Gasteiger partial charge in [-0.2, -0.15) is 0 Å². The minimum Gasteiger partial charge on any atom is -0.303 e. The molecule has 72 valence electrons. The van der Waals surface area contributed by atoms with Crippen LogP contribution < -0.4 is 0 Å². The van der Waals surface area contributed by atoms with E-state index in [4.69, 9.17) is 0 Å². The molecule has 0 radical (unpaired) electrons. The molecule has 1 unspecified atom stereocenters. The monoisotopic (exact) mass is 169 g/mol.